The fourth-order valence-corrected chi connectivity index (χ4v) is 3.67. The maximum atomic E-state index is 12.5. The second kappa shape index (κ2) is 5.29. The van der Waals surface area contributed by atoms with Gasteiger partial charge in [-0.25, -0.2) is 8.42 Å². The molecular weight excluding hydrogens is 250 g/mol. The van der Waals surface area contributed by atoms with Crippen LogP contribution in [0.2, 0.25) is 0 Å². The molecular formula is C13H25NO3S. The molecule has 5 heteroatoms. The van der Waals surface area contributed by atoms with E-state index in [1.807, 2.05) is 32.8 Å². The zero-order chi connectivity index (χ0) is 14.1. The van der Waals surface area contributed by atoms with Crippen LogP contribution in [0.5, 0.6) is 0 Å². The largest absolute Gasteiger partial charge is 0.298 e. The molecule has 0 aromatic heterocycles. The number of hydrogen-bond acceptors (Lipinski definition) is 4. The highest BCUT2D eigenvalue weighted by Gasteiger charge is 2.39. The number of Topliss-reactive ketones (excluding diaryl/α,β-unsaturated/α-hetero) is 1. The summed E-state index contributed by atoms with van der Waals surface area (Å²) in [6.45, 7) is 3.80. The molecule has 1 aliphatic rings. The molecule has 0 heterocycles. The first-order chi connectivity index (χ1) is 8.06. The second-order valence-electron chi connectivity index (χ2n) is 6.13. The first-order valence-electron chi connectivity index (χ1n) is 6.47. The Balaban J connectivity index is 2.82. The van der Waals surface area contributed by atoms with Crippen molar-refractivity contribution in [2.45, 2.75) is 50.3 Å². The lowest BCUT2D eigenvalue weighted by molar-refractivity contribution is -0.133. The SMILES string of the molecule is CN(C)C(C)(C)C(=O)C1CCCC(S(C)(=O)=O)C1. The minimum absolute atomic E-state index is 0.115. The van der Waals surface area contributed by atoms with Gasteiger partial charge in [-0.2, -0.15) is 0 Å². The fraction of sp³-hybridized carbons (Fsp3) is 0.923. The number of sulfone groups is 1. The van der Waals surface area contributed by atoms with E-state index in [4.69, 9.17) is 0 Å². The van der Waals surface area contributed by atoms with E-state index in [9.17, 15) is 13.2 Å². The van der Waals surface area contributed by atoms with Gasteiger partial charge in [0.1, 0.15) is 9.84 Å². The van der Waals surface area contributed by atoms with Crippen molar-refractivity contribution in [1.29, 1.82) is 0 Å². The van der Waals surface area contributed by atoms with Crippen molar-refractivity contribution in [1.82, 2.24) is 4.90 Å². The van der Waals surface area contributed by atoms with Gasteiger partial charge in [0.2, 0.25) is 0 Å². The molecule has 0 aromatic carbocycles. The third-order valence-corrected chi connectivity index (χ3v) is 5.96. The van der Waals surface area contributed by atoms with E-state index in [2.05, 4.69) is 0 Å². The third-order valence-electron chi connectivity index (χ3n) is 4.32. The van der Waals surface area contributed by atoms with E-state index < -0.39 is 15.4 Å². The maximum absolute atomic E-state index is 12.5. The number of nitrogens with zero attached hydrogens (tertiary/aromatic N) is 1. The third kappa shape index (κ3) is 3.32. The van der Waals surface area contributed by atoms with Crippen LogP contribution >= 0.6 is 0 Å². The minimum Gasteiger partial charge on any atom is -0.298 e. The van der Waals surface area contributed by atoms with Crippen molar-refractivity contribution in [3.8, 4) is 0 Å². The van der Waals surface area contributed by atoms with E-state index in [1.54, 1.807) is 0 Å². The summed E-state index contributed by atoms with van der Waals surface area (Å²) in [7, 11) is 0.744. The van der Waals surface area contributed by atoms with Crippen LogP contribution in [-0.4, -0.2) is 50.2 Å². The summed E-state index contributed by atoms with van der Waals surface area (Å²) in [6.07, 6.45) is 4.13. The summed E-state index contributed by atoms with van der Waals surface area (Å²) in [5.74, 6) is 0.0525. The molecule has 1 aliphatic carbocycles. The lowest BCUT2D eigenvalue weighted by Crippen LogP contribution is -2.50. The Morgan fingerprint density at radius 2 is 1.78 bits per heavy atom. The molecule has 0 aromatic rings. The highest BCUT2D eigenvalue weighted by molar-refractivity contribution is 7.91. The van der Waals surface area contributed by atoms with Gasteiger partial charge in [0.05, 0.1) is 10.8 Å². The Hall–Kier alpha value is -0.420. The van der Waals surface area contributed by atoms with E-state index >= 15 is 0 Å². The standard InChI is InChI=1S/C13H25NO3S/c1-13(2,14(3)4)12(15)10-7-6-8-11(9-10)18(5,16)17/h10-11H,6-9H2,1-5H3. The predicted octanol–water partition coefficient (Wildman–Crippen LogP) is 1.50. The lowest BCUT2D eigenvalue weighted by Gasteiger charge is -2.37. The molecule has 1 saturated carbocycles. The predicted molar refractivity (Wildman–Crippen MR) is 73.4 cm³/mol. The molecule has 0 radical (unpaired) electrons. The van der Waals surface area contributed by atoms with Crippen LogP contribution in [0.4, 0.5) is 0 Å². The van der Waals surface area contributed by atoms with Crippen molar-refractivity contribution >= 4 is 15.6 Å². The molecule has 0 N–H and O–H groups in total. The van der Waals surface area contributed by atoms with Crippen molar-refractivity contribution in [2.75, 3.05) is 20.4 Å². The second-order valence-corrected chi connectivity index (χ2v) is 8.46. The molecule has 0 amide bonds. The van der Waals surface area contributed by atoms with Gasteiger partial charge in [0.25, 0.3) is 0 Å². The zero-order valence-corrected chi connectivity index (χ0v) is 12.9. The normalized spacial score (nSPS) is 26.3. The number of hydrogen-bond donors (Lipinski definition) is 0. The summed E-state index contributed by atoms with van der Waals surface area (Å²) in [5.41, 5.74) is -0.524. The monoisotopic (exact) mass is 275 g/mol. The molecule has 2 atom stereocenters. The summed E-state index contributed by atoms with van der Waals surface area (Å²) >= 11 is 0. The van der Waals surface area contributed by atoms with Gasteiger partial charge < -0.3 is 0 Å². The minimum atomic E-state index is -3.02. The molecule has 1 fully saturated rings. The lowest BCUT2D eigenvalue weighted by atomic mass is 9.79. The van der Waals surface area contributed by atoms with Crippen molar-refractivity contribution in [3.05, 3.63) is 0 Å². The Bertz CT molecular complexity index is 412. The van der Waals surface area contributed by atoms with Crippen molar-refractivity contribution < 1.29 is 13.2 Å². The molecule has 0 saturated heterocycles. The number of carbonyl (C=O) groups excluding carboxylic acids is 1. The fourth-order valence-electron chi connectivity index (χ4n) is 2.49. The van der Waals surface area contributed by atoms with Crippen LogP contribution in [-0.2, 0) is 14.6 Å². The van der Waals surface area contributed by atoms with Gasteiger partial charge in [-0.3, -0.25) is 9.69 Å². The quantitative estimate of drug-likeness (QED) is 0.780. The van der Waals surface area contributed by atoms with Crippen LogP contribution in [0.25, 0.3) is 0 Å². The number of likely N-dealkylation sites (N-methyl/N-ethyl adjacent to an activating group) is 1. The summed E-state index contributed by atoms with van der Waals surface area (Å²) in [5, 5.41) is -0.335. The van der Waals surface area contributed by atoms with Crippen LogP contribution in [0.3, 0.4) is 0 Å². The maximum Gasteiger partial charge on any atom is 0.155 e. The average molecular weight is 275 g/mol. The van der Waals surface area contributed by atoms with Crippen LogP contribution in [0.1, 0.15) is 39.5 Å². The number of ketones is 1. The van der Waals surface area contributed by atoms with Gasteiger partial charge >= 0.3 is 0 Å². The Morgan fingerprint density at radius 3 is 2.22 bits per heavy atom. The van der Waals surface area contributed by atoms with Gasteiger partial charge in [-0.05, 0) is 47.2 Å². The summed E-state index contributed by atoms with van der Waals surface area (Å²) in [4.78, 5) is 14.4. The molecule has 0 spiro atoms. The molecule has 0 aliphatic heterocycles. The zero-order valence-electron chi connectivity index (χ0n) is 12.1. The summed E-state index contributed by atoms with van der Waals surface area (Å²) < 4.78 is 23.2. The average Bonchev–Trinajstić information content (AvgIpc) is 2.26. The Labute approximate surface area is 111 Å². The van der Waals surface area contributed by atoms with E-state index in [1.165, 1.54) is 6.26 Å². The molecule has 0 bridgehead atoms. The molecule has 106 valence electrons. The number of rotatable bonds is 4. The van der Waals surface area contributed by atoms with Gasteiger partial charge in [-0.1, -0.05) is 6.42 Å². The first-order valence-corrected chi connectivity index (χ1v) is 8.43. The van der Waals surface area contributed by atoms with E-state index in [0.29, 0.717) is 12.8 Å². The summed E-state index contributed by atoms with van der Waals surface area (Å²) in [6, 6.07) is 0. The van der Waals surface area contributed by atoms with Gasteiger partial charge in [-0.15, -0.1) is 0 Å². The molecule has 1 rings (SSSR count). The highest BCUT2D eigenvalue weighted by Crippen LogP contribution is 2.32. The number of carbonyl (C=O) groups is 1. The molecule has 2 unspecified atom stereocenters. The van der Waals surface area contributed by atoms with Crippen molar-refractivity contribution in [3.63, 3.8) is 0 Å². The highest BCUT2D eigenvalue weighted by atomic mass is 32.2. The topological polar surface area (TPSA) is 54.5 Å². The van der Waals surface area contributed by atoms with Crippen LogP contribution in [0.15, 0.2) is 0 Å². The van der Waals surface area contributed by atoms with Crippen LogP contribution < -0.4 is 0 Å². The first kappa shape index (κ1) is 15.6. The van der Waals surface area contributed by atoms with E-state index in [0.717, 1.165) is 12.8 Å². The van der Waals surface area contributed by atoms with Gasteiger partial charge in [0, 0.05) is 12.2 Å². The molecule has 4 nitrogen and oxygen atoms in total. The Morgan fingerprint density at radius 1 is 1.22 bits per heavy atom. The Kier molecular flexibility index (Phi) is 4.60. The van der Waals surface area contributed by atoms with Crippen LogP contribution in [0, 0.1) is 5.92 Å². The smallest absolute Gasteiger partial charge is 0.155 e. The van der Waals surface area contributed by atoms with E-state index in [-0.39, 0.29) is 17.0 Å². The van der Waals surface area contributed by atoms with Crippen molar-refractivity contribution in [2.24, 2.45) is 5.92 Å². The molecule has 18 heavy (non-hydrogen) atoms. The van der Waals surface area contributed by atoms with Gasteiger partial charge in [0.15, 0.2) is 5.78 Å².